The van der Waals surface area contributed by atoms with E-state index in [2.05, 4.69) is 15.5 Å². The van der Waals surface area contributed by atoms with E-state index in [0.29, 0.717) is 19.4 Å². The molecule has 0 spiro atoms. The highest BCUT2D eigenvalue weighted by molar-refractivity contribution is 7.18. The lowest BCUT2D eigenvalue weighted by atomic mass is 10.1. The van der Waals surface area contributed by atoms with Crippen molar-refractivity contribution in [2.24, 2.45) is 0 Å². The van der Waals surface area contributed by atoms with E-state index in [-0.39, 0.29) is 5.91 Å². The van der Waals surface area contributed by atoms with Crippen molar-refractivity contribution in [1.82, 2.24) is 15.5 Å². The molecule has 0 bridgehead atoms. The predicted octanol–water partition coefficient (Wildman–Crippen LogP) is 3.15. The largest absolute Gasteiger partial charge is 0.361 e. The summed E-state index contributed by atoms with van der Waals surface area (Å²) in [7, 11) is 0. The summed E-state index contributed by atoms with van der Waals surface area (Å²) in [6.45, 7) is 4.24. The third kappa shape index (κ3) is 3.17. The summed E-state index contributed by atoms with van der Waals surface area (Å²) in [4.78, 5) is 16.5. The summed E-state index contributed by atoms with van der Waals surface area (Å²) in [5, 5.41) is 7.74. The number of carbonyl (C=O) groups is 1. The van der Waals surface area contributed by atoms with Crippen molar-refractivity contribution in [3.05, 3.63) is 46.3 Å². The molecule has 1 N–H and O–H groups in total. The highest BCUT2D eigenvalue weighted by atomic mass is 32.1. The molecular weight excluding hydrogens is 298 g/mol. The van der Waals surface area contributed by atoms with Gasteiger partial charge in [0.05, 0.1) is 22.5 Å². The molecule has 3 aromatic rings. The highest BCUT2D eigenvalue weighted by Gasteiger charge is 2.11. The molecule has 0 fully saturated rings. The Bertz CT molecular complexity index is 754. The van der Waals surface area contributed by atoms with Crippen LogP contribution >= 0.6 is 11.3 Å². The van der Waals surface area contributed by atoms with Gasteiger partial charge in [-0.25, -0.2) is 4.98 Å². The van der Waals surface area contributed by atoms with Crippen molar-refractivity contribution in [2.45, 2.75) is 33.2 Å². The minimum Gasteiger partial charge on any atom is -0.361 e. The van der Waals surface area contributed by atoms with Crippen LogP contribution in [-0.4, -0.2) is 16.0 Å². The summed E-state index contributed by atoms with van der Waals surface area (Å²) in [5.74, 6) is 0.802. The molecule has 2 aromatic heterocycles. The van der Waals surface area contributed by atoms with Crippen LogP contribution in [0.15, 0.2) is 28.8 Å². The molecule has 0 radical (unpaired) electrons. The number of nitrogens with zero attached hydrogens (tertiary/aromatic N) is 2. The first kappa shape index (κ1) is 14.7. The monoisotopic (exact) mass is 315 g/mol. The zero-order valence-electron chi connectivity index (χ0n) is 12.5. The van der Waals surface area contributed by atoms with Gasteiger partial charge in [-0.15, -0.1) is 11.3 Å². The first-order valence-electron chi connectivity index (χ1n) is 7.16. The minimum absolute atomic E-state index is 0.0132. The topological polar surface area (TPSA) is 68.0 Å². The van der Waals surface area contributed by atoms with Gasteiger partial charge >= 0.3 is 0 Å². The second kappa shape index (κ2) is 6.27. The fourth-order valence-corrected chi connectivity index (χ4v) is 3.26. The van der Waals surface area contributed by atoms with Crippen LogP contribution in [0, 0.1) is 13.8 Å². The van der Waals surface area contributed by atoms with Crippen LogP contribution in [0.2, 0.25) is 0 Å². The Hall–Kier alpha value is -2.21. The number of hydrogen-bond acceptors (Lipinski definition) is 5. The van der Waals surface area contributed by atoms with Crippen LogP contribution in [0.25, 0.3) is 10.2 Å². The quantitative estimate of drug-likeness (QED) is 0.785. The van der Waals surface area contributed by atoms with Crippen LogP contribution in [0.1, 0.15) is 28.4 Å². The first-order chi connectivity index (χ1) is 10.6. The summed E-state index contributed by atoms with van der Waals surface area (Å²) in [6.07, 6.45) is 1.07. The van der Waals surface area contributed by atoms with Crippen LogP contribution in [-0.2, 0) is 17.8 Å². The smallest absolute Gasteiger partial charge is 0.220 e. The average molecular weight is 315 g/mol. The standard InChI is InChI=1S/C16H17N3O2S/c1-10-12(11(2)21-19-10)7-8-15(20)17-9-16-18-13-5-3-4-6-14(13)22-16/h3-6H,7-9H2,1-2H3,(H,17,20). The Balaban J connectivity index is 1.54. The van der Waals surface area contributed by atoms with E-state index in [9.17, 15) is 4.79 Å². The molecule has 0 saturated carbocycles. The molecule has 0 unspecified atom stereocenters. The van der Waals surface area contributed by atoms with Gasteiger partial charge in [-0.3, -0.25) is 4.79 Å². The number of aryl methyl sites for hydroxylation is 2. The van der Waals surface area contributed by atoms with Gasteiger partial charge in [0.15, 0.2) is 0 Å². The molecule has 0 aliphatic carbocycles. The van der Waals surface area contributed by atoms with Gasteiger partial charge in [-0.2, -0.15) is 0 Å². The highest BCUT2D eigenvalue weighted by Crippen LogP contribution is 2.21. The normalized spacial score (nSPS) is 11.0. The zero-order valence-corrected chi connectivity index (χ0v) is 13.4. The number of para-hydroxylation sites is 1. The van der Waals surface area contributed by atoms with Crippen molar-refractivity contribution in [3.8, 4) is 0 Å². The zero-order chi connectivity index (χ0) is 15.5. The molecule has 3 rings (SSSR count). The molecule has 1 amide bonds. The number of nitrogens with one attached hydrogen (secondary N) is 1. The van der Waals surface area contributed by atoms with Crippen molar-refractivity contribution >= 4 is 27.5 Å². The van der Waals surface area contributed by atoms with Crippen molar-refractivity contribution < 1.29 is 9.32 Å². The third-order valence-electron chi connectivity index (χ3n) is 3.56. The molecule has 5 nitrogen and oxygen atoms in total. The Kier molecular flexibility index (Phi) is 4.20. The van der Waals surface area contributed by atoms with Gasteiger partial charge in [0.2, 0.25) is 5.91 Å². The molecular formula is C16H17N3O2S. The minimum atomic E-state index is 0.0132. The maximum Gasteiger partial charge on any atom is 0.220 e. The Morgan fingerprint density at radius 2 is 2.14 bits per heavy atom. The molecule has 0 atom stereocenters. The number of carbonyl (C=O) groups excluding carboxylic acids is 1. The van der Waals surface area contributed by atoms with E-state index in [1.165, 1.54) is 0 Å². The van der Waals surface area contributed by atoms with Crippen LogP contribution in [0.5, 0.6) is 0 Å². The third-order valence-corrected chi connectivity index (χ3v) is 4.59. The summed E-state index contributed by atoms with van der Waals surface area (Å²) < 4.78 is 6.24. The molecule has 22 heavy (non-hydrogen) atoms. The summed E-state index contributed by atoms with van der Waals surface area (Å²) in [5.41, 5.74) is 2.86. The van der Waals surface area contributed by atoms with Crippen LogP contribution < -0.4 is 5.32 Å². The SMILES string of the molecule is Cc1noc(C)c1CCC(=O)NCc1nc2ccccc2s1. The lowest BCUT2D eigenvalue weighted by Crippen LogP contribution is -2.23. The van der Waals surface area contributed by atoms with Crippen molar-refractivity contribution in [1.29, 1.82) is 0 Å². The fourth-order valence-electron chi connectivity index (χ4n) is 2.36. The van der Waals surface area contributed by atoms with Crippen molar-refractivity contribution in [3.63, 3.8) is 0 Å². The predicted molar refractivity (Wildman–Crippen MR) is 85.8 cm³/mol. The van der Waals surface area contributed by atoms with E-state index in [1.807, 2.05) is 38.1 Å². The van der Waals surface area contributed by atoms with E-state index in [4.69, 9.17) is 4.52 Å². The van der Waals surface area contributed by atoms with Crippen LogP contribution in [0.4, 0.5) is 0 Å². The van der Waals surface area contributed by atoms with Crippen molar-refractivity contribution in [2.75, 3.05) is 0 Å². The molecule has 0 saturated heterocycles. The molecule has 114 valence electrons. The first-order valence-corrected chi connectivity index (χ1v) is 7.98. The number of thiazole rings is 1. The number of amides is 1. The molecule has 6 heteroatoms. The average Bonchev–Trinajstić information content (AvgIpc) is 3.07. The second-order valence-corrected chi connectivity index (χ2v) is 6.27. The fraction of sp³-hybridized carbons (Fsp3) is 0.312. The van der Waals surface area contributed by atoms with Gasteiger partial charge in [0, 0.05) is 12.0 Å². The van der Waals surface area contributed by atoms with Gasteiger partial charge in [-0.05, 0) is 32.4 Å². The number of aromatic nitrogens is 2. The summed E-state index contributed by atoms with van der Waals surface area (Å²) >= 11 is 1.61. The van der Waals surface area contributed by atoms with E-state index >= 15 is 0 Å². The Labute approximate surface area is 132 Å². The lowest BCUT2D eigenvalue weighted by Gasteiger charge is -2.03. The number of benzene rings is 1. The number of fused-ring (bicyclic) bond motifs is 1. The molecule has 0 aliphatic rings. The maximum atomic E-state index is 12.0. The van der Waals surface area contributed by atoms with Crippen LogP contribution in [0.3, 0.4) is 0 Å². The Morgan fingerprint density at radius 1 is 1.32 bits per heavy atom. The number of rotatable bonds is 5. The summed E-state index contributed by atoms with van der Waals surface area (Å²) in [6, 6.07) is 7.98. The maximum absolute atomic E-state index is 12.0. The van der Waals surface area contributed by atoms with Gasteiger partial charge < -0.3 is 9.84 Å². The van der Waals surface area contributed by atoms with Gasteiger partial charge in [0.1, 0.15) is 10.8 Å². The lowest BCUT2D eigenvalue weighted by molar-refractivity contribution is -0.121. The Morgan fingerprint density at radius 3 is 2.86 bits per heavy atom. The molecule has 2 heterocycles. The molecule has 0 aliphatic heterocycles. The molecule has 1 aromatic carbocycles. The van der Waals surface area contributed by atoms with Gasteiger partial charge in [-0.1, -0.05) is 17.3 Å². The van der Waals surface area contributed by atoms with E-state index < -0.39 is 0 Å². The van der Waals surface area contributed by atoms with E-state index in [1.54, 1.807) is 11.3 Å². The van der Waals surface area contributed by atoms with Gasteiger partial charge in [0.25, 0.3) is 0 Å². The second-order valence-electron chi connectivity index (χ2n) is 5.15. The van der Waals surface area contributed by atoms with E-state index in [0.717, 1.165) is 32.2 Å². The number of hydrogen-bond donors (Lipinski definition) is 1.